The van der Waals surface area contributed by atoms with E-state index in [1.807, 2.05) is 4.90 Å². The van der Waals surface area contributed by atoms with E-state index in [2.05, 4.69) is 10.3 Å². The van der Waals surface area contributed by atoms with Gasteiger partial charge in [-0.15, -0.1) is 0 Å². The van der Waals surface area contributed by atoms with E-state index >= 15 is 0 Å². The number of carbonyl (C=O) groups is 3. The number of oxazole rings is 1. The molecular formula is C27H26F3N5O5. The van der Waals surface area contributed by atoms with Crippen molar-refractivity contribution in [3.05, 3.63) is 66.1 Å². The summed E-state index contributed by atoms with van der Waals surface area (Å²) in [7, 11) is 0. The van der Waals surface area contributed by atoms with Crippen LogP contribution < -0.4 is 10.2 Å². The molecule has 40 heavy (non-hydrogen) atoms. The monoisotopic (exact) mass is 557 g/mol. The van der Waals surface area contributed by atoms with Crippen molar-refractivity contribution in [3.8, 4) is 11.5 Å². The van der Waals surface area contributed by atoms with E-state index in [0.717, 1.165) is 5.69 Å². The van der Waals surface area contributed by atoms with Crippen LogP contribution in [0.3, 0.4) is 0 Å². The lowest BCUT2D eigenvalue weighted by molar-refractivity contribution is -0.153. The molecule has 2 amide bonds. The second kappa shape index (κ2) is 11.6. The molecule has 1 saturated heterocycles. The third-order valence-corrected chi connectivity index (χ3v) is 6.37. The molecule has 3 N–H and O–H groups in total. The highest BCUT2D eigenvalue weighted by Crippen LogP contribution is 2.35. The van der Waals surface area contributed by atoms with E-state index < -0.39 is 41.3 Å². The number of rotatable bonds is 8. The van der Waals surface area contributed by atoms with Crippen molar-refractivity contribution >= 4 is 34.9 Å². The molecule has 2 heterocycles. The number of alkyl halides is 3. The average molecular weight is 558 g/mol. The van der Waals surface area contributed by atoms with Gasteiger partial charge in [0, 0.05) is 49.5 Å². The van der Waals surface area contributed by atoms with Crippen LogP contribution in [0.25, 0.3) is 11.5 Å². The minimum Gasteiger partial charge on any atom is -0.481 e. The SMILES string of the molecule is CC(CC(=N)C(=O)N1CCN(c2ccc(NC(=O)c3nc(-c4ccccc4)oc3C(F)(F)F)cc2)CC1)C(=O)O. The summed E-state index contributed by atoms with van der Waals surface area (Å²) in [4.78, 5) is 43.5. The third-order valence-electron chi connectivity index (χ3n) is 6.37. The highest BCUT2D eigenvalue weighted by Gasteiger charge is 2.42. The van der Waals surface area contributed by atoms with Gasteiger partial charge in [-0.2, -0.15) is 13.2 Å². The smallest absolute Gasteiger partial charge is 0.452 e. The van der Waals surface area contributed by atoms with E-state index in [1.54, 1.807) is 42.5 Å². The number of carboxylic acids is 1. The van der Waals surface area contributed by atoms with Gasteiger partial charge in [-0.1, -0.05) is 25.1 Å². The van der Waals surface area contributed by atoms with Gasteiger partial charge in [0.25, 0.3) is 11.8 Å². The molecule has 2 aromatic carbocycles. The lowest BCUT2D eigenvalue weighted by Gasteiger charge is -2.36. The largest absolute Gasteiger partial charge is 0.481 e. The predicted molar refractivity (Wildman–Crippen MR) is 139 cm³/mol. The minimum absolute atomic E-state index is 0.145. The first-order chi connectivity index (χ1) is 18.9. The molecule has 0 radical (unpaired) electrons. The van der Waals surface area contributed by atoms with Gasteiger partial charge < -0.3 is 24.6 Å². The maximum atomic E-state index is 13.6. The molecular weight excluding hydrogens is 531 g/mol. The normalized spacial score (nSPS) is 14.5. The summed E-state index contributed by atoms with van der Waals surface area (Å²) in [5, 5.41) is 19.3. The number of halogens is 3. The van der Waals surface area contributed by atoms with Crippen LogP contribution in [0.15, 0.2) is 59.0 Å². The van der Waals surface area contributed by atoms with Gasteiger partial charge in [0.1, 0.15) is 0 Å². The van der Waals surface area contributed by atoms with Gasteiger partial charge in [-0.25, -0.2) is 4.98 Å². The molecule has 4 rings (SSSR count). The number of carbonyl (C=O) groups excluding carboxylic acids is 2. The molecule has 3 aromatic rings. The second-order valence-corrected chi connectivity index (χ2v) is 9.26. The molecule has 1 atom stereocenters. The van der Waals surface area contributed by atoms with Crippen molar-refractivity contribution in [3.63, 3.8) is 0 Å². The van der Waals surface area contributed by atoms with E-state index in [9.17, 15) is 27.6 Å². The molecule has 0 bridgehead atoms. The van der Waals surface area contributed by atoms with Crippen LogP contribution in [0.2, 0.25) is 0 Å². The summed E-state index contributed by atoms with van der Waals surface area (Å²) in [6.07, 6.45) is -5.07. The first-order valence-corrected chi connectivity index (χ1v) is 12.3. The molecule has 1 aromatic heterocycles. The van der Waals surface area contributed by atoms with Crippen LogP contribution in [-0.4, -0.2) is 64.7 Å². The van der Waals surface area contributed by atoms with Crippen molar-refractivity contribution in [2.45, 2.75) is 19.5 Å². The number of aliphatic carboxylic acids is 1. The van der Waals surface area contributed by atoms with Crippen LogP contribution in [0.4, 0.5) is 24.5 Å². The number of carboxylic acid groups (broad SMARTS) is 1. The van der Waals surface area contributed by atoms with Gasteiger partial charge in [0.05, 0.1) is 11.6 Å². The number of anilines is 2. The molecule has 10 nitrogen and oxygen atoms in total. The first kappa shape index (κ1) is 28.3. The molecule has 0 saturated carbocycles. The summed E-state index contributed by atoms with van der Waals surface area (Å²) in [5.74, 6) is -5.27. The van der Waals surface area contributed by atoms with Gasteiger partial charge in [0.15, 0.2) is 5.69 Å². The Morgan fingerprint density at radius 2 is 1.68 bits per heavy atom. The maximum absolute atomic E-state index is 13.6. The molecule has 1 aliphatic rings. The minimum atomic E-state index is -4.92. The number of benzene rings is 2. The summed E-state index contributed by atoms with van der Waals surface area (Å²) < 4.78 is 45.6. The number of piperazine rings is 1. The van der Waals surface area contributed by atoms with Gasteiger partial charge in [-0.05, 0) is 36.4 Å². The van der Waals surface area contributed by atoms with Crippen LogP contribution in [-0.2, 0) is 15.8 Å². The zero-order valence-electron chi connectivity index (χ0n) is 21.4. The van der Waals surface area contributed by atoms with Gasteiger partial charge in [0.2, 0.25) is 11.7 Å². The highest BCUT2D eigenvalue weighted by atomic mass is 19.4. The molecule has 1 unspecified atom stereocenters. The first-order valence-electron chi connectivity index (χ1n) is 12.3. The summed E-state index contributed by atoms with van der Waals surface area (Å²) >= 11 is 0. The standard InChI is InChI=1S/C27H26F3N5O5/c1-16(26(38)39)15-20(31)25(37)35-13-11-34(12-14-35)19-9-7-18(8-10-19)32-23(36)21-22(27(28,29)30)40-24(33-21)17-5-3-2-4-6-17/h2-10,16,31H,11-15H2,1H3,(H,32,36)(H,38,39). The zero-order valence-corrected chi connectivity index (χ0v) is 21.4. The Morgan fingerprint density at radius 3 is 2.25 bits per heavy atom. The Balaban J connectivity index is 1.38. The van der Waals surface area contributed by atoms with Crippen LogP contribution >= 0.6 is 0 Å². The Morgan fingerprint density at radius 1 is 1.05 bits per heavy atom. The molecule has 210 valence electrons. The Bertz CT molecular complexity index is 1400. The second-order valence-electron chi connectivity index (χ2n) is 9.26. The van der Waals surface area contributed by atoms with Crippen molar-refractivity contribution < 1.29 is 37.1 Å². The van der Waals surface area contributed by atoms with E-state index in [4.69, 9.17) is 14.9 Å². The lowest BCUT2D eigenvalue weighted by Crippen LogP contribution is -2.50. The van der Waals surface area contributed by atoms with Crippen molar-refractivity contribution in [1.29, 1.82) is 5.41 Å². The molecule has 0 aliphatic carbocycles. The van der Waals surface area contributed by atoms with Crippen LogP contribution in [0, 0.1) is 11.3 Å². The number of aromatic nitrogens is 1. The fourth-order valence-electron chi connectivity index (χ4n) is 4.16. The summed E-state index contributed by atoms with van der Waals surface area (Å²) in [5.41, 5.74) is 0.189. The molecule has 1 fully saturated rings. The quantitative estimate of drug-likeness (QED) is 0.349. The number of nitrogens with one attached hydrogen (secondary N) is 2. The van der Waals surface area contributed by atoms with E-state index in [0.29, 0.717) is 31.7 Å². The fourth-order valence-corrected chi connectivity index (χ4v) is 4.16. The van der Waals surface area contributed by atoms with Crippen molar-refractivity contribution in [2.75, 3.05) is 36.4 Å². The predicted octanol–water partition coefficient (Wildman–Crippen LogP) is 4.39. The molecule has 13 heteroatoms. The molecule has 0 spiro atoms. The summed E-state index contributed by atoms with van der Waals surface area (Å²) in [6.45, 7) is 3.01. The topological polar surface area (TPSA) is 140 Å². The summed E-state index contributed by atoms with van der Waals surface area (Å²) in [6, 6.07) is 14.4. The third kappa shape index (κ3) is 6.47. The van der Waals surface area contributed by atoms with Gasteiger partial charge in [-0.3, -0.25) is 19.8 Å². The Kier molecular flexibility index (Phi) is 8.21. The maximum Gasteiger partial charge on any atom is 0.452 e. The number of nitrogens with zero attached hydrogens (tertiary/aromatic N) is 3. The number of hydrogen-bond donors (Lipinski definition) is 3. The Hall–Kier alpha value is -4.68. The lowest BCUT2D eigenvalue weighted by atomic mass is 10.0. The van der Waals surface area contributed by atoms with Crippen LogP contribution in [0.1, 0.15) is 29.6 Å². The van der Waals surface area contributed by atoms with E-state index in [-0.39, 0.29) is 23.7 Å². The highest BCUT2D eigenvalue weighted by molar-refractivity contribution is 6.37. The number of hydrogen-bond acceptors (Lipinski definition) is 7. The van der Waals surface area contributed by atoms with Crippen molar-refractivity contribution in [2.24, 2.45) is 5.92 Å². The number of amides is 2. The van der Waals surface area contributed by atoms with Crippen molar-refractivity contribution in [1.82, 2.24) is 9.88 Å². The average Bonchev–Trinajstić information content (AvgIpc) is 3.40. The Labute approximate surface area is 226 Å². The molecule has 1 aliphatic heterocycles. The fraction of sp³-hybridized carbons (Fsp3) is 0.296. The van der Waals surface area contributed by atoms with E-state index in [1.165, 1.54) is 24.0 Å². The van der Waals surface area contributed by atoms with Crippen LogP contribution in [0.5, 0.6) is 0 Å². The zero-order chi connectivity index (χ0) is 29.0. The van der Waals surface area contributed by atoms with Gasteiger partial charge >= 0.3 is 12.1 Å².